The summed E-state index contributed by atoms with van der Waals surface area (Å²) in [6.45, 7) is 9.21. The van der Waals surface area contributed by atoms with Crippen LogP contribution in [0.25, 0.3) is 0 Å². The number of hydrogen-bond donors (Lipinski definition) is 1. The SMILES string of the molecule is C/C=C(/C)C(=O)O[C@@H]1C2=C(C)C(=O)O[C@]2(OC)C[C@H]2CC[C@H](O)[C@H](C)[C@@]21C. The molecule has 0 aromatic carbocycles. The fraction of sp³-hybridized carbons (Fsp3) is 0.714. The number of carbonyl (C=O) groups is 2. The van der Waals surface area contributed by atoms with E-state index in [1.54, 1.807) is 26.8 Å². The highest BCUT2D eigenvalue weighted by atomic mass is 16.7. The highest BCUT2D eigenvalue weighted by Crippen LogP contribution is 2.61. The van der Waals surface area contributed by atoms with Crippen molar-refractivity contribution in [3.05, 3.63) is 22.8 Å². The molecule has 6 heteroatoms. The van der Waals surface area contributed by atoms with Gasteiger partial charge in [0, 0.05) is 30.1 Å². The molecule has 1 N–H and O–H groups in total. The van der Waals surface area contributed by atoms with Gasteiger partial charge in [-0.2, -0.15) is 0 Å². The second-order valence-electron chi connectivity index (χ2n) is 8.34. The van der Waals surface area contributed by atoms with Gasteiger partial charge in [0.2, 0.25) is 5.79 Å². The van der Waals surface area contributed by atoms with Crippen LogP contribution in [-0.4, -0.2) is 42.1 Å². The average Bonchev–Trinajstić information content (AvgIpc) is 2.90. The van der Waals surface area contributed by atoms with E-state index in [0.29, 0.717) is 29.6 Å². The minimum atomic E-state index is -1.19. The summed E-state index contributed by atoms with van der Waals surface area (Å²) in [6, 6.07) is 0. The van der Waals surface area contributed by atoms with E-state index in [1.165, 1.54) is 7.11 Å². The van der Waals surface area contributed by atoms with Crippen molar-refractivity contribution in [1.29, 1.82) is 0 Å². The zero-order valence-corrected chi connectivity index (χ0v) is 17.0. The van der Waals surface area contributed by atoms with Crippen molar-refractivity contribution in [3.8, 4) is 0 Å². The largest absolute Gasteiger partial charge is 0.454 e. The summed E-state index contributed by atoms with van der Waals surface area (Å²) in [5.74, 6) is -2.08. The molecular weight excluding hydrogens is 348 g/mol. The van der Waals surface area contributed by atoms with Gasteiger partial charge in [0.15, 0.2) is 0 Å². The van der Waals surface area contributed by atoms with E-state index in [1.807, 2.05) is 6.92 Å². The molecule has 0 aromatic rings. The summed E-state index contributed by atoms with van der Waals surface area (Å²) in [4.78, 5) is 25.1. The Morgan fingerprint density at radius 3 is 2.63 bits per heavy atom. The molecule has 27 heavy (non-hydrogen) atoms. The fourth-order valence-electron chi connectivity index (χ4n) is 5.09. The van der Waals surface area contributed by atoms with Crippen LogP contribution in [0.15, 0.2) is 22.8 Å². The zero-order valence-electron chi connectivity index (χ0n) is 17.0. The van der Waals surface area contributed by atoms with Crippen LogP contribution in [0.3, 0.4) is 0 Å². The molecule has 2 saturated carbocycles. The van der Waals surface area contributed by atoms with Crippen LogP contribution in [0.1, 0.15) is 53.9 Å². The van der Waals surface area contributed by atoms with E-state index in [-0.39, 0.29) is 11.8 Å². The molecule has 0 saturated heterocycles. The standard InChI is InChI=1S/C21H30O6/c1-7-11(2)18(23)26-17-16-12(3)19(24)27-21(16,25-6)10-14-8-9-15(22)13(4)20(14,17)5/h7,13-15,17,22H,8-10H2,1-6H3/b11-7-/t13-,14+,15-,17+,20-,21+/m0/s1. The predicted molar refractivity (Wildman–Crippen MR) is 98.5 cm³/mol. The number of ether oxygens (including phenoxy) is 3. The Bertz CT molecular complexity index is 722. The van der Waals surface area contributed by atoms with Gasteiger partial charge in [-0.25, -0.2) is 9.59 Å². The maximum absolute atomic E-state index is 12.7. The molecule has 0 bridgehead atoms. The Morgan fingerprint density at radius 2 is 2.04 bits per heavy atom. The maximum atomic E-state index is 12.7. The quantitative estimate of drug-likeness (QED) is 0.601. The number of carbonyl (C=O) groups excluding carboxylic acids is 2. The van der Waals surface area contributed by atoms with Crippen LogP contribution in [-0.2, 0) is 23.8 Å². The van der Waals surface area contributed by atoms with Gasteiger partial charge >= 0.3 is 11.9 Å². The van der Waals surface area contributed by atoms with E-state index < -0.39 is 35.3 Å². The number of methoxy groups -OCH3 is 1. The lowest BCUT2D eigenvalue weighted by molar-refractivity contribution is -0.242. The fourth-order valence-corrected chi connectivity index (χ4v) is 5.09. The Morgan fingerprint density at radius 1 is 1.37 bits per heavy atom. The monoisotopic (exact) mass is 378 g/mol. The predicted octanol–water partition coefficient (Wildman–Crippen LogP) is 2.90. The number of esters is 2. The molecule has 0 amide bonds. The van der Waals surface area contributed by atoms with Gasteiger partial charge in [-0.15, -0.1) is 0 Å². The molecule has 0 unspecified atom stereocenters. The van der Waals surface area contributed by atoms with Crippen molar-refractivity contribution in [2.75, 3.05) is 7.11 Å². The first-order chi connectivity index (χ1) is 12.6. The summed E-state index contributed by atoms with van der Waals surface area (Å²) in [5, 5.41) is 10.6. The van der Waals surface area contributed by atoms with E-state index >= 15 is 0 Å². The molecule has 0 aromatic heterocycles. The zero-order chi connectivity index (χ0) is 20.1. The van der Waals surface area contributed by atoms with Crippen molar-refractivity contribution >= 4 is 11.9 Å². The van der Waals surface area contributed by atoms with Gasteiger partial charge < -0.3 is 19.3 Å². The third-order valence-corrected chi connectivity index (χ3v) is 7.28. The molecule has 0 radical (unpaired) electrons. The molecule has 150 valence electrons. The topological polar surface area (TPSA) is 82.1 Å². The van der Waals surface area contributed by atoms with Crippen molar-refractivity contribution in [1.82, 2.24) is 0 Å². The molecule has 6 nitrogen and oxygen atoms in total. The van der Waals surface area contributed by atoms with E-state index in [4.69, 9.17) is 14.2 Å². The molecule has 2 fully saturated rings. The number of aliphatic hydroxyl groups excluding tert-OH is 1. The molecular formula is C21H30O6. The number of aliphatic hydroxyl groups is 1. The molecule has 3 rings (SSSR count). The van der Waals surface area contributed by atoms with Crippen LogP contribution < -0.4 is 0 Å². The summed E-state index contributed by atoms with van der Waals surface area (Å²) >= 11 is 0. The summed E-state index contributed by atoms with van der Waals surface area (Å²) in [6.07, 6.45) is 2.45. The molecule has 1 aliphatic heterocycles. The summed E-state index contributed by atoms with van der Waals surface area (Å²) in [5.41, 5.74) is 0.997. The first-order valence-electron chi connectivity index (χ1n) is 9.64. The average molecular weight is 378 g/mol. The third kappa shape index (κ3) is 2.76. The number of hydrogen-bond acceptors (Lipinski definition) is 6. The number of fused-ring (bicyclic) bond motifs is 2. The minimum absolute atomic E-state index is 0.0852. The van der Waals surface area contributed by atoms with Gasteiger partial charge in [-0.1, -0.05) is 19.9 Å². The second kappa shape index (κ2) is 6.74. The van der Waals surface area contributed by atoms with E-state index in [9.17, 15) is 14.7 Å². The first-order valence-corrected chi connectivity index (χ1v) is 9.64. The van der Waals surface area contributed by atoms with Crippen LogP contribution >= 0.6 is 0 Å². The maximum Gasteiger partial charge on any atom is 0.336 e. The molecule has 6 atom stereocenters. The van der Waals surface area contributed by atoms with Gasteiger partial charge in [0.05, 0.1) is 11.7 Å². The Labute approximate surface area is 160 Å². The molecule has 2 aliphatic carbocycles. The van der Waals surface area contributed by atoms with Crippen molar-refractivity contribution in [2.24, 2.45) is 17.3 Å². The lowest BCUT2D eigenvalue weighted by Crippen LogP contribution is -2.62. The summed E-state index contributed by atoms with van der Waals surface area (Å²) in [7, 11) is 1.52. The smallest absolute Gasteiger partial charge is 0.336 e. The Balaban J connectivity index is 2.16. The van der Waals surface area contributed by atoms with Crippen molar-refractivity contribution < 1.29 is 28.9 Å². The van der Waals surface area contributed by atoms with Crippen LogP contribution in [0, 0.1) is 17.3 Å². The summed E-state index contributed by atoms with van der Waals surface area (Å²) < 4.78 is 17.4. The van der Waals surface area contributed by atoms with Crippen LogP contribution in [0.4, 0.5) is 0 Å². The Kier molecular flexibility index (Phi) is 5.02. The van der Waals surface area contributed by atoms with Gasteiger partial charge in [-0.05, 0) is 45.4 Å². The highest BCUT2D eigenvalue weighted by molar-refractivity contribution is 5.93. The van der Waals surface area contributed by atoms with E-state index in [2.05, 4.69) is 6.92 Å². The normalized spacial score (nSPS) is 41.7. The number of allylic oxidation sites excluding steroid dienone is 1. The highest BCUT2D eigenvalue weighted by Gasteiger charge is 2.66. The third-order valence-electron chi connectivity index (χ3n) is 7.28. The first kappa shape index (κ1) is 20.1. The van der Waals surface area contributed by atoms with Crippen LogP contribution in [0.2, 0.25) is 0 Å². The van der Waals surface area contributed by atoms with Crippen LogP contribution in [0.5, 0.6) is 0 Å². The lowest BCUT2D eigenvalue weighted by Gasteiger charge is -2.58. The van der Waals surface area contributed by atoms with Crippen molar-refractivity contribution in [3.63, 3.8) is 0 Å². The van der Waals surface area contributed by atoms with Crippen molar-refractivity contribution in [2.45, 2.75) is 71.9 Å². The molecule has 1 heterocycles. The minimum Gasteiger partial charge on any atom is -0.454 e. The lowest BCUT2D eigenvalue weighted by atomic mass is 9.51. The number of rotatable bonds is 3. The Hall–Kier alpha value is -1.66. The van der Waals surface area contributed by atoms with Gasteiger partial charge in [-0.3, -0.25) is 0 Å². The molecule has 0 spiro atoms. The second-order valence-corrected chi connectivity index (χ2v) is 8.34. The van der Waals surface area contributed by atoms with E-state index in [0.717, 1.165) is 6.42 Å². The molecule has 3 aliphatic rings. The van der Waals surface area contributed by atoms with Gasteiger partial charge in [0.25, 0.3) is 0 Å². The van der Waals surface area contributed by atoms with Gasteiger partial charge in [0.1, 0.15) is 6.10 Å².